The summed E-state index contributed by atoms with van der Waals surface area (Å²) in [6.07, 6.45) is 7.27. The second-order valence-electron chi connectivity index (χ2n) is 10.3. The monoisotopic (exact) mass is 575 g/mol. The Labute approximate surface area is 240 Å². The van der Waals surface area contributed by atoms with E-state index < -0.39 is 12.4 Å². The summed E-state index contributed by atoms with van der Waals surface area (Å²) in [5, 5.41) is 8.25. The largest absolute Gasteiger partial charge is 0.554 e. The molecule has 0 N–H and O–H groups in total. The van der Waals surface area contributed by atoms with Crippen molar-refractivity contribution in [2.45, 2.75) is 72.4 Å². The van der Waals surface area contributed by atoms with Crippen molar-refractivity contribution >= 4 is 35.7 Å². The predicted molar refractivity (Wildman–Crippen MR) is 150 cm³/mol. The molecular weight excluding hydrogens is 534 g/mol. The SMILES string of the molecule is CCCCCCOc1nsnc1C1=CCC[N+](C)(C(OC(=O)Cc2ccccc2OC(C)=O)C(C)C)C1.O=C[O-]. The number of carbonyl (C=O) groups is 3. The topological polar surface area (TPSA) is 128 Å². The zero-order valence-electron chi connectivity index (χ0n) is 24.1. The van der Waals surface area contributed by atoms with Crippen molar-refractivity contribution in [3.05, 3.63) is 41.6 Å². The molecule has 40 heavy (non-hydrogen) atoms. The lowest BCUT2D eigenvalue weighted by atomic mass is 10.0. The first-order chi connectivity index (χ1) is 19.1. The number of carboxylic acid groups (broad SMARTS) is 1. The van der Waals surface area contributed by atoms with Crippen molar-refractivity contribution < 1.29 is 38.2 Å². The van der Waals surface area contributed by atoms with Crippen LogP contribution in [-0.4, -0.2) is 64.6 Å². The first kappa shape index (κ1) is 32.9. The van der Waals surface area contributed by atoms with E-state index in [9.17, 15) is 9.59 Å². The summed E-state index contributed by atoms with van der Waals surface area (Å²) < 4.78 is 26.9. The molecule has 1 aliphatic heterocycles. The van der Waals surface area contributed by atoms with Crippen molar-refractivity contribution in [2.24, 2.45) is 5.92 Å². The van der Waals surface area contributed by atoms with Crippen LogP contribution in [-0.2, 0) is 25.5 Å². The minimum atomic E-state index is -0.500. The number of carbonyl (C=O) groups excluding carboxylic acids is 3. The Kier molecular flexibility index (Phi) is 13.7. The van der Waals surface area contributed by atoms with E-state index in [0.29, 0.717) is 34.8 Å². The number of likely N-dealkylation sites (N-methyl/N-ethyl adjacent to an activating group) is 1. The Hall–Kier alpha value is -3.31. The minimum absolute atomic E-state index is 0.0292. The number of rotatable bonds is 13. The summed E-state index contributed by atoms with van der Waals surface area (Å²) in [5.41, 5.74) is 2.50. The van der Waals surface area contributed by atoms with Crippen LogP contribution in [0.25, 0.3) is 5.57 Å². The molecule has 11 heteroatoms. The third kappa shape index (κ3) is 10.0. The van der Waals surface area contributed by atoms with E-state index >= 15 is 0 Å². The highest BCUT2D eigenvalue weighted by atomic mass is 32.1. The van der Waals surface area contributed by atoms with Crippen LogP contribution in [0.5, 0.6) is 11.6 Å². The van der Waals surface area contributed by atoms with Gasteiger partial charge >= 0.3 is 11.9 Å². The summed E-state index contributed by atoms with van der Waals surface area (Å²) in [6.45, 7) is 9.32. The van der Waals surface area contributed by atoms with E-state index in [-0.39, 0.29) is 24.5 Å². The number of esters is 2. The van der Waals surface area contributed by atoms with Gasteiger partial charge in [0.2, 0.25) is 6.23 Å². The Balaban J connectivity index is 0.00000178. The number of hydrogen-bond donors (Lipinski definition) is 0. The quantitative estimate of drug-likeness (QED) is 0.115. The van der Waals surface area contributed by atoms with Crippen LogP contribution in [0.3, 0.4) is 0 Å². The first-order valence-electron chi connectivity index (χ1n) is 13.7. The van der Waals surface area contributed by atoms with Crippen molar-refractivity contribution in [3.63, 3.8) is 0 Å². The highest BCUT2D eigenvalue weighted by molar-refractivity contribution is 6.99. The molecule has 1 aromatic heterocycles. The zero-order chi connectivity index (χ0) is 29.5. The average Bonchev–Trinajstić information content (AvgIpc) is 3.37. The number of ether oxygens (including phenoxy) is 3. The van der Waals surface area contributed by atoms with Crippen LogP contribution < -0.4 is 14.6 Å². The van der Waals surface area contributed by atoms with E-state index in [0.717, 1.165) is 37.1 Å². The first-order valence-corrected chi connectivity index (χ1v) is 14.4. The number of aromatic nitrogens is 2. The molecule has 1 aromatic carbocycles. The molecule has 2 unspecified atom stereocenters. The highest BCUT2D eigenvalue weighted by Crippen LogP contribution is 2.33. The second-order valence-corrected chi connectivity index (χ2v) is 10.8. The normalized spacial score (nSPS) is 17.2. The van der Waals surface area contributed by atoms with Gasteiger partial charge in [0.1, 0.15) is 18.0 Å². The fourth-order valence-electron chi connectivity index (χ4n) is 4.84. The molecule has 0 spiro atoms. The van der Waals surface area contributed by atoms with Crippen molar-refractivity contribution in [3.8, 4) is 11.6 Å². The van der Waals surface area contributed by atoms with Gasteiger partial charge in [-0.2, -0.15) is 4.37 Å². The highest BCUT2D eigenvalue weighted by Gasteiger charge is 2.41. The summed E-state index contributed by atoms with van der Waals surface area (Å²) in [4.78, 5) is 32.8. The number of benzene rings is 1. The summed E-state index contributed by atoms with van der Waals surface area (Å²) in [6, 6.07) is 7.05. The number of unbranched alkanes of at least 4 members (excludes halogenated alkanes) is 3. The molecule has 0 aliphatic carbocycles. The zero-order valence-corrected chi connectivity index (χ0v) is 24.9. The van der Waals surface area contributed by atoms with Gasteiger partial charge in [-0.1, -0.05) is 64.3 Å². The summed E-state index contributed by atoms with van der Waals surface area (Å²) in [5.74, 6) is 0.309. The van der Waals surface area contributed by atoms with Gasteiger partial charge in [0.25, 0.3) is 5.88 Å². The molecule has 10 nitrogen and oxygen atoms in total. The molecule has 2 heterocycles. The Morgan fingerprint density at radius 2 is 1.90 bits per heavy atom. The maximum atomic E-state index is 13.1. The smallest absolute Gasteiger partial charge is 0.314 e. The lowest BCUT2D eigenvalue weighted by Gasteiger charge is -2.44. The molecule has 0 saturated heterocycles. The van der Waals surface area contributed by atoms with Crippen molar-refractivity contribution in [2.75, 3.05) is 26.7 Å². The number of nitrogens with zero attached hydrogens (tertiary/aromatic N) is 3. The third-order valence-corrected chi connectivity index (χ3v) is 7.07. The van der Waals surface area contributed by atoms with Gasteiger partial charge < -0.3 is 24.1 Å². The van der Waals surface area contributed by atoms with Crippen LogP contribution in [0.4, 0.5) is 0 Å². The lowest BCUT2D eigenvalue weighted by molar-refractivity contribution is -0.950. The molecule has 220 valence electrons. The third-order valence-electron chi connectivity index (χ3n) is 6.56. The number of hydrogen-bond acceptors (Lipinski definition) is 10. The van der Waals surface area contributed by atoms with Crippen molar-refractivity contribution in [1.29, 1.82) is 0 Å². The van der Waals surface area contributed by atoms with E-state index in [2.05, 4.69) is 42.6 Å². The standard InChI is InChI=1S/C28H40N3O5S.CH2O2/c1-6-7-8-11-17-34-27-26(29-37-30-27)23-14-12-16-31(5,19-23)28(20(2)3)36-25(33)18-22-13-9-10-15-24(22)35-21(4)32;2-1-3/h9-10,13-15,20,28H,6-8,11-12,16-19H2,1-5H3;1H,(H,2,3)/q+1;/p-1. The van der Waals surface area contributed by atoms with Gasteiger partial charge in [-0.25, -0.2) is 0 Å². The summed E-state index contributed by atoms with van der Waals surface area (Å²) >= 11 is 1.17. The molecule has 0 bridgehead atoms. The molecule has 3 rings (SSSR count). The molecular formula is C29H41N3O7S. The molecule has 0 saturated carbocycles. The van der Waals surface area contributed by atoms with Gasteiger partial charge in [-0.05, 0) is 12.5 Å². The van der Waals surface area contributed by atoms with Gasteiger partial charge in [-0.3, -0.25) is 14.1 Å². The molecule has 0 fully saturated rings. The number of para-hydroxylation sites is 1. The van der Waals surface area contributed by atoms with Gasteiger partial charge in [0.15, 0.2) is 0 Å². The van der Waals surface area contributed by atoms with Crippen LogP contribution in [0, 0.1) is 5.92 Å². The molecule has 2 aromatic rings. The molecule has 0 radical (unpaired) electrons. The Bertz CT molecular complexity index is 1130. The summed E-state index contributed by atoms with van der Waals surface area (Å²) in [7, 11) is 2.13. The minimum Gasteiger partial charge on any atom is -0.554 e. The predicted octanol–water partition coefficient (Wildman–Crippen LogP) is 3.79. The van der Waals surface area contributed by atoms with Crippen LogP contribution >= 0.6 is 11.7 Å². The Morgan fingerprint density at radius 3 is 2.58 bits per heavy atom. The van der Waals surface area contributed by atoms with Crippen LogP contribution in [0.1, 0.15) is 71.1 Å². The van der Waals surface area contributed by atoms with Crippen LogP contribution in [0.15, 0.2) is 30.3 Å². The van der Waals surface area contributed by atoms with Gasteiger partial charge in [-0.15, -0.1) is 4.37 Å². The average molecular weight is 576 g/mol. The maximum absolute atomic E-state index is 13.1. The Morgan fingerprint density at radius 1 is 1.18 bits per heavy atom. The molecule has 2 atom stereocenters. The van der Waals surface area contributed by atoms with E-state index in [1.165, 1.54) is 31.5 Å². The molecule has 1 aliphatic rings. The van der Waals surface area contributed by atoms with Gasteiger partial charge in [0.05, 0.1) is 38.3 Å². The lowest BCUT2D eigenvalue weighted by Crippen LogP contribution is -2.58. The number of quaternary nitrogens is 1. The maximum Gasteiger partial charge on any atom is 0.314 e. The van der Waals surface area contributed by atoms with Crippen LogP contribution in [0.2, 0.25) is 0 Å². The van der Waals surface area contributed by atoms with Crippen molar-refractivity contribution in [1.82, 2.24) is 8.75 Å². The fraction of sp³-hybridized carbons (Fsp3) is 0.552. The van der Waals surface area contributed by atoms with E-state index in [4.69, 9.17) is 24.1 Å². The second kappa shape index (κ2) is 16.7. The van der Waals surface area contributed by atoms with E-state index in [1.54, 1.807) is 18.2 Å². The van der Waals surface area contributed by atoms with Gasteiger partial charge in [0, 0.05) is 36.9 Å². The molecule has 0 amide bonds. The fourth-order valence-corrected chi connectivity index (χ4v) is 5.37. The van der Waals surface area contributed by atoms with E-state index in [1.807, 2.05) is 6.07 Å².